The second-order valence-corrected chi connectivity index (χ2v) is 9.90. The van der Waals surface area contributed by atoms with E-state index in [1.807, 2.05) is 0 Å². The van der Waals surface area contributed by atoms with E-state index in [1.165, 1.54) is 0 Å². The number of hydrogen-bond donors (Lipinski definition) is 1. The van der Waals surface area contributed by atoms with E-state index in [4.69, 9.17) is 52.9 Å². The first-order chi connectivity index (χ1) is 21.5. The molecular weight excluding hydrogens is 626 g/mol. The van der Waals surface area contributed by atoms with Crippen molar-refractivity contribution in [2.75, 3.05) is 13.2 Å². The van der Waals surface area contributed by atoms with E-state index < -0.39 is 116 Å². The molecule has 0 radical (unpaired) electrons. The van der Waals surface area contributed by atoms with Gasteiger partial charge in [0, 0.05) is 48.5 Å². The molecule has 2 rings (SSSR count). The molecule has 0 aromatic rings. The van der Waals surface area contributed by atoms with Crippen molar-refractivity contribution >= 4 is 41.8 Å². The summed E-state index contributed by atoms with van der Waals surface area (Å²) >= 11 is 0. The lowest BCUT2D eigenvalue weighted by Gasteiger charge is -2.47. The summed E-state index contributed by atoms with van der Waals surface area (Å²) in [6.07, 6.45) is -15.9. The molecule has 2 heterocycles. The zero-order valence-electron chi connectivity index (χ0n) is 26.0. The van der Waals surface area contributed by atoms with Gasteiger partial charge in [0.25, 0.3) is 6.23 Å². The number of ether oxygens (including phenoxy) is 10. The molecule has 0 aromatic carbocycles. The molecule has 1 N–H and O–H groups in total. The maximum Gasteiger partial charge on any atom is 0.303 e. The fourth-order valence-electron chi connectivity index (χ4n) is 4.64. The van der Waals surface area contributed by atoms with Gasteiger partial charge in [0.05, 0.1) is 0 Å². The highest BCUT2D eigenvalue weighted by atomic mass is 16.8. The third kappa shape index (κ3) is 11.1. The van der Waals surface area contributed by atoms with E-state index in [0.717, 1.165) is 48.5 Å². The van der Waals surface area contributed by atoms with Gasteiger partial charge in [0.15, 0.2) is 41.9 Å². The molecular formula is C26H36N3O17+. The monoisotopic (exact) mass is 662 g/mol. The summed E-state index contributed by atoms with van der Waals surface area (Å²) in [5.41, 5.74) is 7.17. The molecule has 0 saturated carbocycles. The smallest absolute Gasteiger partial charge is 0.303 e. The molecule has 10 atom stereocenters. The third-order valence-electron chi connectivity index (χ3n) is 6.08. The minimum Gasteiger partial charge on any atom is -0.463 e. The Morgan fingerprint density at radius 1 is 0.543 bits per heavy atom. The molecule has 2 aliphatic rings. The second-order valence-electron chi connectivity index (χ2n) is 9.90. The van der Waals surface area contributed by atoms with Crippen LogP contribution in [0.2, 0.25) is 0 Å². The lowest BCUT2D eigenvalue weighted by Crippen LogP contribution is -2.67. The number of rotatable bonds is 12. The van der Waals surface area contributed by atoms with E-state index in [0.29, 0.717) is 0 Å². The molecule has 2 fully saturated rings. The molecule has 0 amide bonds. The number of hydrogen-bond acceptors (Lipinski definition) is 19. The van der Waals surface area contributed by atoms with Crippen LogP contribution in [0.25, 0.3) is 0 Å². The highest BCUT2D eigenvalue weighted by molar-refractivity contribution is 5.69. The van der Waals surface area contributed by atoms with Crippen LogP contribution in [-0.2, 0) is 80.9 Å². The van der Waals surface area contributed by atoms with Crippen molar-refractivity contribution < 1.29 is 80.9 Å². The van der Waals surface area contributed by atoms with Crippen LogP contribution >= 0.6 is 0 Å². The molecule has 20 heteroatoms. The maximum atomic E-state index is 12.3. The summed E-state index contributed by atoms with van der Waals surface area (Å²) in [7, 11) is 0. The molecule has 0 aliphatic carbocycles. The van der Waals surface area contributed by atoms with Gasteiger partial charge in [-0.2, -0.15) is 0 Å². The Hall–Kier alpha value is -4.52. The number of carbonyl (C=O) groups is 7. The molecule has 20 nitrogen and oxygen atoms in total. The summed E-state index contributed by atoms with van der Waals surface area (Å²) in [4.78, 5) is 87.0. The first-order valence-electron chi connectivity index (χ1n) is 13.7. The van der Waals surface area contributed by atoms with Crippen molar-refractivity contribution in [3.8, 4) is 0 Å². The number of carbonyl (C=O) groups excluding carboxylic acids is 7. The summed E-state index contributed by atoms with van der Waals surface area (Å²) in [6.45, 7) is 6.14. The van der Waals surface area contributed by atoms with Gasteiger partial charge < -0.3 is 47.4 Å². The van der Waals surface area contributed by atoms with Crippen molar-refractivity contribution in [2.24, 2.45) is 5.11 Å². The summed E-state index contributed by atoms with van der Waals surface area (Å²) in [5.74, 6) is -6.02. The Labute approximate surface area is 261 Å². The molecule has 2 aliphatic heterocycles. The van der Waals surface area contributed by atoms with E-state index in [9.17, 15) is 33.6 Å². The zero-order chi connectivity index (χ0) is 34.7. The fourth-order valence-corrected chi connectivity index (χ4v) is 4.64. The topological polar surface area (TPSA) is 262 Å². The van der Waals surface area contributed by atoms with Gasteiger partial charge in [-0.05, 0) is 0 Å². The van der Waals surface area contributed by atoms with Crippen LogP contribution in [0.3, 0.4) is 0 Å². The predicted octanol–water partition coefficient (Wildman–Crippen LogP) is -0.844. The van der Waals surface area contributed by atoms with Gasteiger partial charge in [-0.15, -0.1) is 0 Å². The van der Waals surface area contributed by atoms with E-state index in [2.05, 4.69) is 10.0 Å². The van der Waals surface area contributed by atoms with Crippen molar-refractivity contribution in [2.45, 2.75) is 110 Å². The molecule has 46 heavy (non-hydrogen) atoms. The van der Waals surface area contributed by atoms with Crippen molar-refractivity contribution in [1.29, 1.82) is 5.53 Å². The molecule has 256 valence electrons. The molecule has 2 saturated heterocycles. The Kier molecular flexibility index (Phi) is 14.1. The Morgan fingerprint density at radius 2 is 0.935 bits per heavy atom. The first-order valence-corrected chi connectivity index (χ1v) is 13.7. The molecule has 0 aromatic heterocycles. The molecule has 0 bridgehead atoms. The Balaban J connectivity index is 2.73. The largest absolute Gasteiger partial charge is 0.463 e. The van der Waals surface area contributed by atoms with E-state index >= 15 is 0 Å². The molecule has 0 spiro atoms. The van der Waals surface area contributed by atoms with Crippen LogP contribution in [0.1, 0.15) is 48.5 Å². The van der Waals surface area contributed by atoms with Crippen LogP contribution in [0, 0.1) is 5.53 Å². The van der Waals surface area contributed by atoms with Gasteiger partial charge in [-0.25, -0.2) is 0 Å². The summed E-state index contributed by atoms with van der Waals surface area (Å²) < 4.78 is 55.0. The van der Waals surface area contributed by atoms with Crippen LogP contribution in [-0.4, -0.2) is 116 Å². The van der Waals surface area contributed by atoms with Crippen LogP contribution < -0.4 is 4.91 Å². The quantitative estimate of drug-likeness (QED) is 0.115. The van der Waals surface area contributed by atoms with Crippen LogP contribution in [0.4, 0.5) is 0 Å². The van der Waals surface area contributed by atoms with Crippen molar-refractivity contribution in [1.82, 2.24) is 4.91 Å². The number of esters is 7. The van der Waals surface area contributed by atoms with Crippen LogP contribution in [0.5, 0.6) is 0 Å². The Bertz CT molecular complexity index is 1220. The average molecular weight is 663 g/mol. The SMILES string of the molecule is CC(=O)OC[C@H]1O[C@@H](O[C@H]2[C@H](OC(C)=O)[C@@H](OC(C)=O)[C@H](N=[N+]=N)O[C@@H]2COC(C)=O)[C@H](OC(C)=O)[C@@H](OC(C)=O)[C@H]1OC(C)=O. The Morgan fingerprint density at radius 3 is 1.37 bits per heavy atom. The van der Waals surface area contributed by atoms with E-state index in [-0.39, 0.29) is 0 Å². The lowest BCUT2D eigenvalue weighted by atomic mass is 9.95. The highest BCUT2D eigenvalue weighted by Crippen LogP contribution is 2.35. The van der Waals surface area contributed by atoms with Gasteiger partial charge in [-0.3, -0.25) is 33.6 Å². The van der Waals surface area contributed by atoms with Crippen molar-refractivity contribution in [3.05, 3.63) is 0 Å². The van der Waals surface area contributed by atoms with Crippen molar-refractivity contribution in [3.63, 3.8) is 0 Å². The van der Waals surface area contributed by atoms with E-state index in [1.54, 1.807) is 0 Å². The first kappa shape index (κ1) is 37.7. The normalized spacial score (nSPS) is 30.3. The van der Waals surface area contributed by atoms with Gasteiger partial charge >= 0.3 is 41.8 Å². The van der Waals surface area contributed by atoms with Gasteiger partial charge in [-0.1, -0.05) is 0 Å². The molecule has 0 unspecified atom stereocenters. The minimum atomic E-state index is -1.81. The minimum absolute atomic E-state index is 0.578. The summed E-state index contributed by atoms with van der Waals surface area (Å²) in [5, 5.41) is 3.57. The third-order valence-corrected chi connectivity index (χ3v) is 6.08. The standard InChI is InChI=1S/C26H36N3O17/c1-10(30)37-8-17-20(21(40-13(4)33)23(42-15(6)35)25(44-17)28-29-27)46-26-24(43-16(7)36)22(41-14(5)34)19(39-12(3)32)18(45-26)9-38-11(2)31/h17-27H,8-9H2,1-7H3/q+1/t17-,18-,19+,20-,21+,22+,23-,24-,25-,26+/m1/s1. The zero-order valence-corrected chi connectivity index (χ0v) is 26.0. The lowest BCUT2D eigenvalue weighted by molar-refractivity contribution is -0.344. The predicted molar refractivity (Wildman–Crippen MR) is 141 cm³/mol. The summed E-state index contributed by atoms with van der Waals surface area (Å²) in [6, 6.07) is 0. The second kappa shape index (κ2) is 17.2. The highest BCUT2D eigenvalue weighted by Gasteiger charge is 2.58. The number of nitrogens with zero attached hydrogens (tertiary/aromatic N) is 2. The number of nitrogens with one attached hydrogen (secondary N) is 1. The van der Waals surface area contributed by atoms with Gasteiger partial charge in [0.2, 0.25) is 4.91 Å². The fraction of sp³-hybridized carbons (Fsp3) is 0.731. The van der Waals surface area contributed by atoms with Gasteiger partial charge in [0.1, 0.15) is 37.1 Å². The maximum absolute atomic E-state index is 12.3. The average Bonchev–Trinajstić information content (AvgIpc) is 2.91. The van der Waals surface area contributed by atoms with Crippen LogP contribution in [0.15, 0.2) is 5.11 Å².